The van der Waals surface area contributed by atoms with Gasteiger partial charge in [-0.25, -0.2) is 0 Å². The highest BCUT2D eigenvalue weighted by atomic mass is 35.5. The topological polar surface area (TPSA) is 46.3 Å². The number of anilines is 1. The van der Waals surface area contributed by atoms with E-state index in [1.165, 1.54) is 0 Å². The number of benzene rings is 1. The van der Waals surface area contributed by atoms with Crippen LogP contribution in [0.25, 0.3) is 0 Å². The number of likely N-dealkylation sites (tertiary alicyclic amines) is 1. The molecule has 2 rings (SSSR count). The van der Waals surface area contributed by atoms with Crippen LogP contribution in [0.1, 0.15) is 28.8 Å². The third kappa shape index (κ3) is 3.51. The quantitative estimate of drug-likeness (QED) is 0.669. The molecule has 1 saturated heterocycles. The maximum Gasteiger partial charge on any atom is 0.254 e. The SMILES string of the molecule is C=CC1CCN(C(=O)c2cc(N)ccc2C)CC1.Cl. The molecule has 19 heavy (non-hydrogen) atoms. The number of hydrogen-bond donors (Lipinski definition) is 1. The van der Waals surface area contributed by atoms with Crippen LogP contribution in [0.15, 0.2) is 30.9 Å². The van der Waals surface area contributed by atoms with Crippen LogP contribution in [0, 0.1) is 12.8 Å². The van der Waals surface area contributed by atoms with Crippen molar-refractivity contribution < 1.29 is 4.79 Å². The van der Waals surface area contributed by atoms with E-state index in [9.17, 15) is 4.79 Å². The van der Waals surface area contributed by atoms with E-state index in [1.54, 1.807) is 6.07 Å². The number of rotatable bonds is 2. The van der Waals surface area contributed by atoms with Gasteiger partial charge in [0.1, 0.15) is 0 Å². The normalized spacial score (nSPS) is 15.7. The van der Waals surface area contributed by atoms with E-state index >= 15 is 0 Å². The molecule has 1 fully saturated rings. The zero-order valence-corrected chi connectivity index (χ0v) is 12.1. The van der Waals surface area contributed by atoms with Crippen molar-refractivity contribution in [2.45, 2.75) is 19.8 Å². The molecule has 0 aliphatic carbocycles. The molecule has 0 saturated carbocycles. The number of amides is 1. The lowest BCUT2D eigenvalue weighted by Crippen LogP contribution is -2.38. The van der Waals surface area contributed by atoms with Gasteiger partial charge in [0.25, 0.3) is 5.91 Å². The van der Waals surface area contributed by atoms with E-state index in [2.05, 4.69) is 6.58 Å². The van der Waals surface area contributed by atoms with Gasteiger partial charge in [0.15, 0.2) is 0 Å². The Balaban J connectivity index is 0.00000180. The van der Waals surface area contributed by atoms with Crippen LogP contribution in [0.3, 0.4) is 0 Å². The fourth-order valence-electron chi connectivity index (χ4n) is 2.38. The number of carbonyl (C=O) groups excluding carboxylic acids is 1. The molecule has 1 aromatic rings. The van der Waals surface area contributed by atoms with Gasteiger partial charge in [-0.1, -0.05) is 12.1 Å². The van der Waals surface area contributed by atoms with Gasteiger partial charge in [0.2, 0.25) is 0 Å². The number of nitrogen functional groups attached to an aromatic ring is 1. The van der Waals surface area contributed by atoms with Crippen LogP contribution < -0.4 is 5.73 Å². The van der Waals surface area contributed by atoms with Crippen molar-refractivity contribution >= 4 is 24.0 Å². The second-order valence-electron chi connectivity index (χ2n) is 4.94. The molecule has 1 heterocycles. The molecular weight excluding hydrogens is 260 g/mol. The Morgan fingerprint density at radius 1 is 1.42 bits per heavy atom. The van der Waals surface area contributed by atoms with Gasteiger partial charge < -0.3 is 10.6 Å². The average molecular weight is 281 g/mol. The Hall–Kier alpha value is -1.48. The molecule has 0 unspecified atom stereocenters. The van der Waals surface area contributed by atoms with Crippen LogP contribution in [-0.2, 0) is 0 Å². The lowest BCUT2D eigenvalue weighted by atomic mass is 9.96. The van der Waals surface area contributed by atoms with E-state index in [0.29, 0.717) is 11.6 Å². The summed E-state index contributed by atoms with van der Waals surface area (Å²) >= 11 is 0. The first-order valence-electron chi connectivity index (χ1n) is 6.39. The van der Waals surface area contributed by atoms with Crippen molar-refractivity contribution in [1.82, 2.24) is 4.90 Å². The molecule has 3 nitrogen and oxygen atoms in total. The third-order valence-corrected chi connectivity index (χ3v) is 3.65. The molecular formula is C15H21ClN2O. The lowest BCUT2D eigenvalue weighted by Gasteiger charge is -2.31. The monoisotopic (exact) mass is 280 g/mol. The summed E-state index contributed by atoms with van der Waals surface area (Å²) in [6, 6.07) is 5.51. The average Bonchev–Trinajstić information content (AvgIpc) is 2.41. The first-order chi connectivity index (χ1) is 8.61. The molecule has 0 radical (unpaired) electrons. The molecule has 1 amide bonds. The summed E-state index contributed by atoms with van der Waals surface area (Å²) in [4.78, 5) is 14.3. The predicted octanol–water partition coefficient (Wildman–Crippen LogP) is 3.04. The number of halogens is 1. The van der Waals surface area contributed by atoms with Gasteiger partial charge in [0, 0.05) is 24.3 Å². The number of aryl methyl sites for hydroxylation is 1. The standard InChI is InChI=1S/C15H20N2O.ClH/c1-3-12-6-8-17(9-7-12)15(18)14-10-13(16)5-4-11(14)2;/h3-5,10,12H,1,6-9,16H2,2H3;1H. The number of carbonyl (C=O) groups is 1. The Bertz CT molecular complexity index is 465. The van der Waals surface area contributed by atoms with Gasteiger partial charge in [0.05, 0.1) is 0 Å². The summed E-state index contributed by atoms with van der Waals surface area (Å²) < 4.78 is 0. The summed E-state index contributed by atoms with van der Waals surface area (Å²) in [5, 5.41) is 0. The maximum absolute atomic E-state index is 12.4. The van der Waals surface area contributed by atoms with Gasteiger partial charge in [-0.2, -0.15) is 0 Å². The van der Waals surface area contributed by atoms with Crippen LogP contribution >= 0.6 is 12.4 Å². The molecule has 104 valence electrons. The number of nitrogens with zero attached hydrogens (tertiary/aromatic N) is 1. The van der Waals surface area contributed by atoms with Gasteiger partial charge in [-0.05, 0) is 43.4 Å². The zero-order chi connectivity index (χ0) is 13.1. The largest absolute Gasteiger partial charge is 0.399 e. The highest BCUT2D eigenvalue weighted by molar-refractivity contribution is 5.96. The Labute approximate surface area is 120 Å². The van der Waals surface area contributed by atoms with Crippen molar-refractivity contribution in [3.8, 4) is 0 Å². The molecule has 1 aliphatic heterocycles. The molecule has 0 atom stereocenters. The Morgan fingerprint density at radius 2 is 2.05 bits per heavy atom. The lowest BCUT2D eigenvalue weighted by molar-refractivity contribution is 0.0705. The van der Waals surface area contributed by atoms with Crippen LogP contribution in [0.5, 0.6) is 0 Å². The fourth-order valence-corrected chi connectivity index (χ4v) is 2.38. The highest BCUT2D eigenvalue weighted by Gasteiger charge is 2.23. The van der Waals surface area contributed by atoms with Crippen molar-refractivity contribution in [3.63, 3.8) is 0 Å². The summed E-state index contributed by atoms with van der Waals surface area (Å²) in [6.07, 6.45) is 4.01. The minimum atomic E-state index is 0. The molecule has 0 spiro atoms. The number of piperidine rings is 1. The highest BCUT2D eigenvalue weighted by Crippen LogP contribution is 2.21. The summed E-state index contributed by atoms with van der Waals surface area (Å²) in [5.41, 5.74) is 8.11. The van der Waals surface area contributed by atoms with E-state index < -0.39 is 0 Å². The predicted molar refractivity (Wildman–Crippen MR) is 81.7 cm³/mol. The number of hydrogen-bond acceptors (Lipinski definition) is 2. The second kappa shape index (κ2) is 6.62. The fraction of sp³-hybridized carbons (Fsp3) is 0.400. The smallest absolute Gasteiger partial charge is 0.254 e. The third-order valence-electron chi connectivity index (χ3n) is 3.65. The van der Waals surface area contributed by atoms with Crippen LogP contribution in [0.2, 0.25) is 0 Å². The summed E-state index contributed by atoms with van der Waals surface area (Å²) in [6.45, 7) is 7.38. The van der Waals surface area contributed by atoms with Crippen molar-refractivity contribution in [2.75, 3.05) is 18.8 Å². The second-order valence-corrected chi connectivity index (χ2v) is 4.94. The molecule has 4 heteroatoms. The number of nitrogens with two attached hydrogens (primary N) is 1. The van der Waals surface area contributed by atoms with E-state index in [4.69, 9.17) is 5.73 Å². The van der Waals surface area contributed by atoms with Crippen molar-refractivity contribution in [1.29, 1.82) is 0 Å². The molecule has 2 N–H and O–H groups in total. The first-order valence-corrected chi connectivity index (χ1v) is 6.39. The summed E-state index contributed by atoms with van der Waals surface area (Å²) in [7, 11) is 0. The Kier molecular flexibility index (Phi) is 5.43. The minimum absolute atomic E-state index is 0. The van der Waals surface area contributed by atoms with E-state index in [1.807, 2.05) is 30.0 Å². The molecule has 1 aromatic carbocycles. The van der Waals surface area contributed by atoms with Crippen LogP contribution in [0.4, 0.5) is 5.69 Å². The van der Waals surface area contributed by atoms with E-state index in [0.717, 1.165) is 37.1 Å². The van der Waals surface area contributed by atoms with Crippen molar-refractivity contribution in [2.24, 2.45) is 5.92 Å². The maximum atomic E-state index is 12.4. The van der Waals surface area contributed by atoms with Gasteiger partial charge >= 0.3 is 0 Å². The summed E-state index contributed by atoms with van der Waals surface area (Å²) in [5.74, 6) is 0.651. The van der Waals surface area contributed by atoms with Crippen molar-refractivity contribution in [3.05, 3.63) is 42.0 Å². The first kappa shape index (κ1) is 15.6. The van der Waals surface area contributed by atoms with E-state index in [-0.39, 0.29) is 18.3 Å². The minimum Gasteiger partial charge on any atom is -0.399 e. The van der Waals surface area contributed by atoms with Gasteiger partial charge in [-0.3, -0.25) is 4.79 Å². The molecule has 0 aromatic heterocycles. The molecule has 0 bridgehead atoms. The zero-order valence-electron chi connectivity index (χ0n) is 11.3. The number of allylic oxidation sites excluding steroid dienone is 1. The van der Waals surface area contributed by atoms with Crippen LogP contribution in [-0.4, -0.2) is 23.9 Å². The van der Waals surface area contributed by atoms with Gasteiger partial charge in [-0.15, -0.1) is 19.0 Å². The Morgan fingerprint density at radius 3 is 2.63 bits per heavy atom. The molecule has 1 aliphatic rings.